The number of hydrogen-bond acceptors (Lipinski definition) is 5. The summed E-state index contributed by atoms with van der Waals surface area (Å²) in [4.78, 5) is 19.7. The van der Waals surface area contributed by atoms with Crippen molar-refractivity contribution in [2.45, 2.75) is 59.6 Å². The number of ketones is 1. The molecule has 1 unspecified atom stereocenters. The van der Waals surface area contributed by atoms with E-state index in [4.69, 9.17) is 21.3 Å². The molecule has 0 saturated carbocycles. The van der Waals surface area contributed by atoms with Gasteiger partial charge in [-0.3, -0.25) is 9.79 Å². The average Bonchev–Trinajstić information content (AvgIpc) is 2.62. The first-order chi connectivity index (χ1) is 12.9. The number of halogens is 1. The number of aliphatic imine (C=N–C) groups is 1. The first kappa shape index (κ1) is 19.7. The van der Waals surface area contributed by atoms with Crippen molar-refractivity contribution >= 4 is 28.9 Å². The van der Waals surface area contributed by atoms with Gasteiger partial charge in [0.1, 0.15) is 11.7 Å². The van der Waals surface area contributed by atoms with Crippen LogP contribution in [0.1, 0.15) is 44.7 Å². The average molecular weight is 390 g/mol. The summed E-state index contributed by atoms with van der Waals surface area (Å²) < 4.78 is 6.14. The number of carbonyl (C=O) groups is 1. The molecule has 0 aliphatic carbocycles. The smallest absolute Gasteiger partial charge is 0.223 e. The van der Waals surface area contributed by atoms with Gasteiger partial charge in [0.15, 0.2) is 11.6 Å². The van der Waals surface area contributed by atoms with Gasteiger partial charge >= 0.3 is 0 Å². The van der Waals surface area contributed by atoms with Crippen LogP contribution in [0.15, 0.2) is 28.6 Å². The molecule has 27 heavy (non-hydrogen) atoms. The predicted molar refractivity (Wildman–Crippen MR) is 111 cm³/mol. The summed E-state index contributed by atoms with van der Waals surface area (Å²) in [7, 11) is 0. The highest BCUT2D eigenvalue weighted by Gasteiger charge is 2.37. The van der Waals surface area contributed by atoms with E-state index in [0.717, 1.165) is 47.1 Å². The largest absolute Gasteiger partial charge is 0.484 e. The van der Waals surface area contributed by atoms with Gasteiger partial charge in [-0.25, -0.2) is 0 Å². The number of rotatable bonds is 5. The second-order valence-corrected chi connectivity index (χ2v) is 7.66. The maximum atomic E-state index is 12.8. The van der Waals surface area contributed by atoms with E-state index in [-0.39, 0.29) is 11.9 Å². The summed E-state index contributed by atoms with van der Waals surface area (Å²) in [6.45, 7) is 11.6. The number of nitrogens with one attached hydrogen (secondary N) is 1. The van der Waals surface area contributed by atoms with Gasteiger partial charge in [-0.2, -0.15) is 0 Å². The standard InChI is InChI=1S/C21H28ClN3O2/c1-6-16(7-2)27-20-17-21(24-14(5)19(20)26)25(9-8-23-17)18-12(3)10-15(22)11-13(18)4/h10-11,14,16,23H,6-9H2,1-5H3. The van der Waals surface area contributed by atoms with E-state index in [0.29, 0.717) is 18.0 Å². The van der Waals surface area contributed by atoms with Crippen molar-refractivity contribution in [1.29, 1.82) is 0 Å². The molecule has 2 aliphatic rings. The molecule has 2 aliphatic heterocycles. The maximum Gasteiger partial charge on any atom is 0.223 e. The van der Waals surface area contributed by atoms with Crippen molar-refractivity contribution < 1.29 is 9.53 Å². The van der Waals surface area contributed by atoms with Crippen LogP contribution in [0.25, 0.3) is 0 Å². The zero-order chi connectivity index (χ0) is 19.7. The third kappa shape index (κ3) is 3.70. The van der Waals surface area contributed by atoms with E-state index in [9.17, 15) is 4.79 Å². The Kier molecular flexibility index (Phi) is 5.80. The number of piperazine rings is 1. The lowest BCUT2D eigenvalue weighted by Crippen LogP contribution is -2.51. The third-order valence-electron chi connectivity index (χ3n) is 5.18. The third-order valence-corrected chi connectivity index (χ3v) is 5.40. The number of aryl methyl sites for hydroxylation is 2. The van der Waals surface area contributed by atoms with Crippen molar-refractivity contribution in [2.24, 2.45) is 4.99 Å². The molecular formula is C21H28ClN3O2. The summed E-state index contributed by atoms with van der Waals surface area (Å²) in [5.74, 6) is 1.15. The Morgan fingerprint density at radius 1 is 1.30 bits per heavy atom. The normalized spacial score (nSPS) is 19.8. The molecule has 5 nitrogen and oxygen atoms in total. The van der Waals surface area contributed by atoms with E-state index in [1.165, 1.54) is 0 Å². The molecule has 0 bridgehead atoms. The van der Waals surface area contributed by atoms with Gasteiger partial charge in [0.25, 0.3) is 0 Å². The Morgan fingerprint density at radius 2 is 1.93 bits per heavy atom. The summed E-state index contributed by atoms with van der Waals surface area (Å²) in [5, 5.41) is 4.09. The van der Waals surface area contributed by atoms with Crippen LogP contribution in [0.2, 0.25) is 5.02 Å². The highest BCUT2D eigenvalue weighted by atomic mass is 35.5. The number of nitrogens with zero attached hydrogens (tertiary/aromatic N) is 2. The van der Waals surface area contributed by atoms with Gasteiger partial charge in [-0.1, -0.05) is 25.4 Å². The van der Waals surface area contributed by atoms with Crippen LogP contribution >= 0.6 is 11.6 Å². The molecular weight excluding hydrogens is 362 g/mol. The fourth-order valence-electron chi connectivity index (χ4n) is 3.77. The monoisotopic (exact) mass is 389 g/mol. The molecule has 6 heteroatoms. The van der Waals surface area contributed by atoms with E-state index in [1.54, 1.807) is 0 Å². The van der Waals surface area contributed by atoms with Gasteiger partial charge in [0.2, 0.25) is 5.78 Å². The molecule has 146 valence electrons. The molecule has 1 N–H and O–H groups in total. The second kappa shape index (κ2) is 7.93. The van der Waals surface area contributed by atoms with Crippen LogP contribution in [-0.2, 0) is 9.53 Å². The number of amidine groups is 1. The number of Topliss-reactive ketones (excluding diaryl/α,β-unsaturated/α-hetero) is 1. The Balaban J connectivity index is 2.08. The predicted octanol–water partition coefficient (Wildman–Crippen LogP) is 4.15. The van der Waals surface area contributed by atoms with Crippen LogP contribution in [0, 0.1) is 13.8 Å². The molecule has 0 spiro atoms. The van der Waals surface area contributed by atoms with E-state index < -0.39 is 6.04 Å². The minimum Gasteiger partial charge on any atom is -0.484 e. The Labute approximate surface area is 166 Å². The Morgan fingerprint density at radius 3 is 2.52 bits per heavy atom. The number of hydrogen-bond donors (Lipinski definition) is 1. The molecule has 3 rings (SSSR count). The van der Waals surface area contributed by atoms with Crippen molar-refractivity contribution in [1.82, 2.24) is 5.32 Å². The zero-order valence-electron chi connectivity index (χ0n) is 16.7. The lowest BCUT2D eigenvalue weighted by molar-refractivity contribution is -0.121. The number of anilines is 1. The molecule has 0 amide bonds. The van der Waals surface area contributed by atoms with E-state index in [1.807, 2.05) is 19.1 Å². The fraction of sp³-hybridized carbons (Fsp3) is 0.524. The molecule has 2 heterocycles. The molecule has 1 fully saturated rings. The van der Waals surface area contributed by atoms with Crippen LogP contribution in [0.5, 0.6) is 0 Å². The van der Waals surface area contributed by atoms with Gasteiger partial charge in [0.05, 0.1) is 6.10 Å². The lowest BCUT2D eigenvalue weighted by atomic mass is 10.0. The van der Waals surface area contributed by atoms with Gasteiger partial charge in [0, 0.05) is 23.8 Å². The molecule has 1 saturated heterocycles. The summed E-state index contributed by atoms with van der Waals surface area (Å²) in [6.07, 6.45) is 1.75. The quantitative estimate of drug-likeness (QED) is 0.821. The highest BCUT2D eigenvalue weighted by molar-refractivity contribution is 6.31. The van der Waals surface area contributed by atoms with Crippen molar-refractivity contribution in [3.05, 3.63) is 39.7 Å². The van der Waals surface area contributed by atoms with Crippen molar-refractivity contribution in [3.8, 4) is 0 Å². The van der Waals surface area contributed by atoms with E-state index >= 15 is 0 Å². The highest BCUT2D eigenvalue weighted by Crippen LogP contribution is 2.33. The number of carbonyl (C=O) groups excluding carboxylic acids is 1. The topological polar surface area (TPSA) is 53.9 Å². The fourth-order valence-corrected chi connectivity index (χ4v) is 4.10. The van der Waals surface area contributed by atoms with Crippen LogP contribution in [-0.4, -0.2) is 36.9 Å². The summed E-state index contributed by atoms with van der Waals surface area (Å²) in [6, 6.07) is 3.48. The lowest BCUT2D eigenvalue weighted by Gasteiger charge is -2.38. The van der Waals surface area contributed by atoms with Crippen LogP contribution in [0.4, 0.5) is 5.69 Å². The molecule has 1 atom stereocenters. The van der Waals surface area contributed by atoms with Crippen molar-refractivity contribution in [2.75, 3.05) is 18.0 Å². The van der Waals surface area contributed by atoms with Crippen LogP contribution in [0.3, 0.4) is 0 Å². The number of dihydropyridines is 1. The van der Waals surface area contributed by atoms with Gasteiger partial charge in [-0.15, -0.1) is 0 Å². The first-order valence-corrected chi connectivity index (χ1v) is 10.1. The van der Waals surface area contributed by atoms with Gasteiger partial charge < -0.3 is 15.0 Å². The number of fused-ring (bicyclic) bond motifs is 1. The van der Waals surface area contributed by atoms with Gasteiger partial charge in [-0.05, 0) is 56.9 Å². The Hall–Kier alpha value is -2.01. The SMILES string of the molecule is CCC(CC)OC1=C2NCCN(c3c(C)cc(Cl)cc3C)C2=NC(C)C1=O. The molecule has 1 aromatic carbocycles. The van der Waals surface area contributed by atoms with E-state index in [2.05, 4.69) is 37.9 Å². The maximum absolute atomic E-state index is 12.8. The Bertz CT molecular complexity index is 789. The van der Waals surface area contributed by atoms with Crippen molar-refractivity contribution in [3.63, 3.8) is 0 Å². The second-order valence-electron chi connectivity index (χ2n) is 7.22. The summed E-state index contributed by atoms with van der Waals surface area (Å²) >= 11 is 6.22. The molecule has 0 aromatic heterocycles. The summed E-state index contributed by atoms with van der Waals surface area (Å²) in [5.41, 5.74) is 4.00. The molecule has 0 radical (unpaired) electrons. The zero-order valence-corrected chi connectivity index (χ0v) is 17.5. The minimum atomic E-state index is -0.455. The minimum absolute atomic E-state index is 0.0270. The first-order valence-electron chi connectivity index (χ1n) is 9.68. The number of ether oxygens (including phenoxy) is 1. The number of benzene rings is 1. The van der Waals surface area contributed by atoms with Crippen LogP contribution < -0.4 is 10.2 Å². The molecule has 1 aromatic rings.